The summed E-state index contributed by atoms with van der Waals surface area (Å²) >= 11 is 0. The van der Waals surface area contributed by atoms with Gasteiger partial charge in [0.05, 0.1) is 6.04 Å². The average Bonchev–Trinajstić information content (AvgIpc) is 2.75. The molecule has 32 heavy (non-hydrogen) atoms. The quantitative estimate of drug-likeness (QED) is 0.397. The highest BCUT2D eigenvalue weighted by Gasteiger charge is 2.25. The van der Waals surface area contributed by atoms with E-state index >= 15 is 0 Å². The number of nitrogens with zero attached hydrogens (tertiary/aromatic N) is 1. The maximum absolute atomic E-state index is 12.9. The molecule has 2 aromatic rings. The Kier molecular flexibility index (Phi) is 11.4. The van der Waals surface area contributed by atoms with Crippen molar-refractivity contribution in [1.29, 1.82) is 0 Å². The zero-order valence-electron chi connectivity index (χ0n) is 18.8. The molecule has 0 saturated carbocycles. The number of hydrogen-bond acceptors (Lipinski definition) is 4. The minimum Gasteiger partial charge on any atom is -0.363 e. The molecule has 7 heteroatoms. The van der Waals surface area contributed by atoms with Gasteiger partial charge in [0.2, 0.25) is 5.78 Å². The molecule has 0 saturated heterocycles. The molecule has 0 bridgehead atoms. The Morgan fingerprint density at radius 3 is 2.28 bits per heavy atom. The first-order valence-electron chi connectivity index (χ1n) is 10.5. The predicted molar refractivity (Wildman–Crippen MR) is 131 cm³/mol. The van der Waals surface area contributed by atoms with Gasteiger partial charge in [-0.1, -0.05) is 74.4 Å². The molecule has 6 nitrogen and oxygen atoms in total. The van der Waals surface area contributed by atoms with Crippen molar-refractivity contribution in [2.24, 2.45) is 5.73 Å². The molecular weight excluding hydrogens is 426 g/mol. The summed E-state index contributed by atoms with van der Waals surface area (Å²) in [7, 11) is 4.05. The van der Waals surface area contributed by atoms with E-state index in [1.165, 1.54) is 5.56 Å². The summed E-state index contributed by atoms with van der Waals surface area (Å²) in [5, 5.41) is 2.69. The average molecular weight is 458 g/mol. The second-order valence-electron chi connectivity index (χ2n) is 7.80. The van der Waals surface area contributed by atoms with E-state index < -0.39 is 23.6 Å². The Balaban J connectivity index is 0.00000512. The van der Waals surface area contributed by atoms with Crippen LogP contribution < -0.4 is 11.1 Å². The summed E-state index contributed by atoms with van der Waals surface area (Å²) in [6.45, 7) is 2.84. The van der Waals surface area contributed by atoms with Crippen LogP contribution in [0.3, 0.4) is 0 Å². The summed E-state index contributed by atoms with van der Waals surface area (Å²) in [6, 6.07) is 14.4. The minimum absolute atomic E-state index is 0. The number of carbonyl (C=O) groups is 3. The molecule has 2 rings (SSSR count). The summed E-state index contributed by atoms with van der Waals surface area (Å²) < 4.78 is 0. The first kappa shape index (κ1) is 27.1. The summed E-state index contributed by atoms with van der Waals surface area (Å²) in [5.74, 6) is -2.21. The van der Waals surface area contributed by atoms with E-state index in [1.807, 2.05) is 57.4 Å². The van der Waals surface area contributed by atoms with Crippen LogP contribution in [0.4, 0.5) is 0 Å². The second-order valence-corrected chi connectivity index (χ2v) is 7.80. The van der Waals surface area contributed by atoms with Crippen LogP contribution in [-0.4, -0.2) is 42.6 Å². The van der Waals surface area contributed by atoms with Crippen LogP contribution in [-0.2, 0) is 16.1 Å². The zero-order chi connectivity index (χ0) is 22.8. The fraction of sp³-hybridized carbons (Fsp3) is 0.320. The van der Waals surface area contributed by atoms with Crippen LogP contribution >= 0.6 is 12.4 Å². The molecule has 0 aliphatic carbocycles. The highest BCUT2D eigenvalue weighted by molar-refractivity contribution is 6.38. The number of nitrogens with one attached hydrogen (secondary N) is 1. The molecule has 1 atom stereocenters. The van der Waals surface area contributed by atoms with Crippen molar-refractivity contribution in [3.63, 3.8) is 0 Å². The van der Waals surface area contributed by atoms with Crippen LogP contribution in [0.1, 0.15) is 53.2 Å². The van der Waals surface area contributed by atoms with Gasteiger partial charge in [-0.05, 0) is 43.3 Å². The monoisotopic (exact) mass is 457 g/mol. The van der Waals surface area contributed by atoms with Crippen LogP contribution in [0.5, 0.6) is 0 Å². The number of halogens is 1. The third kappa shape index (κ3) is 8.29. The smallest absolute Gasteiger partial charge is 0.287 e. The highest BCUT2D eigenvalue weighted by Crippen LogP contribution is 2.15. The Bertz CT molecular complexity index is 940. The van der Waals surface area contributed by atoms with Gasteiger partial charge in [0.15, 0.2) is 0 Å². The molecule has 3 N–H and O–H groups in total. The first-order valence-corrected chi connectivity index (χ1v) is 10.5. The molecule has 0 fully saturated rings. The standard InChI is InChI=1S/C25H31N3O3.ClH/c1-4-5-10-22(23(29)24(26)30)27-25(31)21-9-7-6-8-20(21)16-15-18-11-13-19(14-12-18)17-28(2)3;/h6-9,11-16,22H,4-5,10,17H2,1-3H3,(H2,26,30)(H,27,31);1H. The van der Waals surface area contributed by atoms with Gasteiger partial charge in [0, 0.05) is 12.1 Å². The topological polar surface area (TPSA) is 92.5 Å². The van der Waals surface area contributed by atoms with E-state index in [1.54, 1.807) is 12.1 Å². The lowest BCUT2D eigenvalue weighted by molar-refractivity contribution is -0.137. The molecule has 0 aromatic heterocycles. The van der Waals surface area contributed by atoms with Gasteiger partial charge in [-0.3, -0.25) is 14.4 Å². The molecule has 0 spiro atoms. The van der Waals surface area contributed by atoms with Gasteiger partial charge >= 0.3 is 0 Å². The molecule has 172 valence electrons. The van der Waals surface area contributed by atoms with E-state index in [0.29, 0.717) is 18.4 Å². The van der Waals surface area contributed by atoms with Crippen LogP contribution in [0.15, 0.2) is 48.5 Å². The number of ketones is 1. The van der Waals surface area contributed by atoms with Crippen molar-refractivity contribution in [3.8, 4) is 0 Å². The fourth-order valence-electron chi connectivity index (χ4n) is 3.22. The summed E-state index contributed by atoms with van der Waals surface area (Å²) in [4.78, 5) is 38.4. The molecule has 0 aliphatic heterocycles. The number of benzene rings is 2. The molecule has 0 radical (unpaired) electrons. The van der Waals surface area contributed by atoms with Crippen molar-refractivity contribution in [2.75, 3.05) is 14.1 Å². The Labute approximate surface area is 196 Å². The molecule has 1 unspecified atom stereocenters. The van der Waals surface area contributed by atoms with Gasteiger partial charge in [-0.15, -0.1) is 12.4 Å². The molecule has 0 aliphatic rings. The minimum atomic E-state index is -1.03. The van der Waals surface area contributed by atoms with Gasteiger partial charge in [-0.25, -0.2) is 0 Å². The van der Waals surface area contributed by atoms with Gasteiger partial charge in [-0.2, -0.15) is 0 Å². The second kappa shape index (κ2) is 13.5. The normalized spacial score (nSPS) is 11.8. The molecule has 0 heterocycles. The van der Waals surface area contributed by atoms with E-state index in [4.69, 9.17) is 5.73 Å². The molecule has 2 aromatic carbocycles. The van der Waals surface area contributed by atoms with Crippen molar-refractivity contribution in [3.05, 3.63) is 70.8 Å². The Morgan fingerprint density at radius 2 is 1.69 bits per heavy atom. The van der Waals surface area contributed by atoms with Gasteiger partial charge < -0.3 is 16.0 Å². The maximum atomic E-state index is 12.9. The van der Waals surface area contributed by atoms with Crippen LogP contribution in [0.2, 0.25) is 0 Å². The lowest BCUT2D eigenvalue weighted by Crippen LogP contribution is -2.46. The largest absolute Gasteiger partial charge is 0.363 e. The van der Waals surface area contributed by atoms with E-state index in [2.05, 4.69) is 22.3 Å². The fourth-order valence-corrected chi connectivity index (χ4v) is 3.22. The van der Waals surface area contributed by atoms with Crippen LogP contribution in [0, 0.1) is 0 Å². The molecular formula is C25H32ClN3O3. The third-order valence-electron chi connectivity index (χ3n) is 4.85. The predicted octanol–water partition coefficient (Wildman–Crippen LogP) is 3.68. The van der Waals surface area contributed by atoms with Crippen LogP contribution in [0.25, 0.3) is 12.2 Å². The number of Topliss-reactive ketones (excluding diaryl/α,β-unsaturated/α-hetero) is 1. The summed E-state index contributed by atoms with van der Waals surface area (Å²) in [5.41, 5.74) is 8.54. The summed E-state index contributed by atoms with van der Waals surface area (Å²) in [6.07, 6.45) is 5.73. The van der Waals surface area contributed by atoms with Crippen molar-refractivity contribution in [2.45, 2.75) is 38.8 Å². The lowest BCUT2D eigenvalue weighted by atomic mass is 10.0. The number of amides is 2. The third-order valence-corrected chi connectivity index (χ3v) is 4.85. The van der Waals surface area contributed by atoms with Crippen molar-refractivity contribution < 1.29 is 14.4 Å². The Hall–Kier alpha value is -2.96. The van der Waals surface area contributed by atoms with Crippen molar-refractivity contribution in [1.82, 2.24) is 10.2 Å². The number of hydrogen-bond donors (Lipinski definition) is 2. The first-order chi connectivity index (χ1) is 14.8. The van der Waals surface area contributed by atoms with E-state index in [0.717, 1.165) is 24.1 Å². The Morgan fingerprint density at radius 1 is 1.03 bits per heavy atom. The number of unbranched alkanes of at least 4 members (excludes halogenated alkanes) is 1. The SMILES string of the molecule is CCCCC(NC(=O)c1ccccc1C=Cc1ccc(CN(C)C)cc1)C(=O)C(N)=O.Cl. The number of carbonyl (C=O) groups excluding carboxylic acids is 3. The zero-order valence-corrected chi connectivity index (χ0v) is 19.7. The number of primary amides is 1. The maximum Gasteiger partial charge on any atom is 0.287 e. The van der Waals surface area contributed by atoms with E-state index in [-0.39, 0.29) is 12.4 Å². The van der Waals surface area contributed by atoms with E-state index in [9.17, 15) is 14.4 Å². The molecule has 2 amide bonds. The number of nitrogens with two attached hydrogens (primary N) is 1. The highest BCUT2D eigenvalue weighted by atomic mass is 35.5. The van der Waals surface area contributed by atoms with Crippen molar-refractivity contribution >= 4 is 42.2 Å². The number of rotatable bonds is 11. The lowest BCUT2D eigenvalue weighted by Gasteiger charge is -2.16. The van der Waals surface area contributed by atoms with Gasteiger partial charge in [0.1, 0.15) is 0 Å². The van der Waals surface area contributed by atoms with Gasteiger partial charge in [0.25, 0.3) is 11.8 Å².